The number of likely N-dealkylation sites (tertiary alicyclic amines) is 1. The number of carboxylic acids is 1. The monoisotopic (exact) mass is 724 g/mol. The van der Waals surface area contributed by atoms with E-state index in [4.69, 9.17) is 9.84 Å². The molecule has 2 fully saturated rings. The Morgan fingerprint density at radius 1 is 1.08 bits per heavy atom. The molecule has 0 radical (unpaired) electrons. The van der Waals surface area contributed by atoms with Gasteiger partial charge in [0, 0.05) is 42.7 Å². The average molecular weight is 726 g/mol. The van der Waals surface area contributed by atoms with Crippen molar-refractivity contribution in [1.29, 1.82) is 0 Å². The van der Waals surface area contributed by atoms with Gasteiger partial charge in [-0.3, -0.25) is 14.4 Å². The summed E-state index contributed by atoms with van der Waals surface area (Å²) in [5.74, 6) is 1.35. The third-order valence-electron chi connectivity index (χ3n) is 10.6. The molecule has 1 aromatic heterocycles. The van der Waals surface area contributed by atoms with Crippen LogP contribution < -0.4 is 4.74 Å². The van der Waals surface area contributed by atoms with E-state index in [9.17, 15) is 14.3 Å². The highest BCUT2D eigenvalue weighted by Gasteiger charge is 2.41. The zero-order valence-electron chi connectivity index (χ0n) is 28.5. The molecule has 3 aliphatic rings. The van der Waals surface area contributed by atoms with Crippen molar-refractivity contribution in [2.24, 2.45) is 11.8 Å². The number of carboxylic acid groups (broad SMARTS) is 1. The Morgan fingerprint density at radius 3 is 2.50 bits per heavy atom. The predicted molar refractivity (Wildman–Crippen MR) is 197 cm³/mol. The SMILES string of the molecule is CCn1nc(-c2ccc3c(c2)OCC3)cc1C1CCN(CC2CC(N(C)[C@H](CC(C)C)C(=O)O)CC2c2cccc(F)c2)CC1.Cl.Cl.Cl. The minimum atomic E-state index is -0.752. The molecule has 6 rings (SSSR count). The van der Waals surface area contributed by atoms with Gasteiger partial charge in [0.1, 0.15) is 17.6 Å². The summed E-state index contributed by atoms with van der Waals surface area (Å²) in [6.07, 6.45) is 5.54. The molecule has 48 heavy (non-hydrogen) atoms. The second kappa shape index (κ2) is 17.5. The van der Waals surface area contributed by atoms with Crippen LogP contribution in [0.25, 0.3) is 11.3 Å². The first-order valence-electron chi connectivity index (χ1n) is 17.0. The standard InChI is InChI=1S/C37H49FN4O3.3ClH/c1-5-42-34(22-33(39-42)28-10-9-26-13-16-45-36(26)20-28)25-11-14-41(15-12-25)23-29-19-31(40(4)35(37(43)44)17-24(2)3)21-32(29)27-7-6-8-30(38)18-27;;;/h6-10,18,20,22,24-25,29,31-32,35H,5,11-17,19,21,23H2,1-4H3,(H,43,44);3*1H/t29?,31?,32?,35-;;;/m1.../s1. The lowest BCUT2D eigenvalue weighted by molar-refractivity contribution is -0.144. The molecule has 1 saturated carbocycles. The smallest absolute Gasteiger partial charge is 0.320 e. The van der Waals surface area contributed by atoms with Crippen LogP contribution in [0.2, 0.25) is 0 Å². The number of hydrogen-bond donors (Lipinski definition) is 1. The summed E-state index contributed by atoms with van der Waals surface area (Å²) < 4.78 is 22.4. The van der Waals surface area contributed by atoms with E-state index >= 15 is 0 Å². The molecule has 3 aromatic rings. The van der Waals surface area contributed by atoms with Crippen LogP contribution in [0.4, 0.5) is 4.39 Å². The lowest BCUT2D eigenvalue weighted by Gasteiger charge is -2.35. The number of likely N-dealkylation sites (N-methyl/N-ethyl adjacent to an activating group) is 1. The van der Waals surface area contributed by atoms with Gasteiger partial charge in [-0.15, -0.1) is 37.2 Å². The molecule has 266 valence electrons. The van der Waals surface area contributed by atoms with Gasteiger partial charge in [-0.25, -0.2) is 4.39 Å². The van der Waals surface area contributed by atoms with Gasteiger partial charge in [0.25, 0.3) is 0 Å². The van der Waals surface area contributed by atoms with Gasteiger partial charge >= 0.3 is 5.97 Å². The van der Waals surface area contributed by atoms with Crippen LogP contribution in [0.15, 0.2) is 48.5 Å². The number of piperidine rings is 1. The number of rotatable bonds is 11. The van der Waals surface area contributed by atoms with Crippen LogP contribution in [0.5, 0.6) is 5.75 Å². The second-order valence-electron chi connectivity index (χ2n) is 14.0. The summed E-state index contributed by atoms with van der Waals surface area (Å²) in [5, 5.41) is 15.0. The van der Waals surface area contributed by atoms with E-state index in [1.807, 2.05) is 13.1 Å². The minimum Gasteiger partial charge on any atom is -0.493 e. The van der Waals surface area contributed by atoms with Crippen molar-refractivity contribution in [1.82, 2.24) is 19.6 Å². The lowest BCUT2D eigenvalue weighted by Crippen LogP contribution is -2.45. The molecular formula is C37H52Cl3FN4O3. The number of aryl methyl sites for hydroxylation is 1. The normalized spacial score (nSPS) is 21.6. The number of nitrogens with zero attached hydrogens (tertiary/aromatic N) is 4. The molecule has 0 bridgehead atoms. The first-order chi connectivity index (χ1) is 21.7. The van der Waals surface area contributed by atoms with Gasteiger partial charge in [-0.2, -0.15) is 5.10 Å². The molecule has 7 nitrogen and oxygen atoms in total. The Balaban J connectivity index is 0.00000208. The van der Waals surface area contributed by atoms with Crippen LogP contribution in [-0.4, -0.2) is 76.0 Å². The van der Waals surface area contributed by atoms with Gasteiger partial charge in [0.15, 0.2) is 0 Å². The summed E-state index contributed by atoms with van der Waals surface area (Å²) in [6, 6.07) is 15.5. The van der Waals surface area contributed by atoms with Crippen molar-refractivity contribution in [3.63, 3.8) is 0 Å². The number of ether oxygens (including phenoxy) is 1. The second-order valence-corrected chi connectivity index (χ2v) is 14.0. The summed E-state index contributed by atoms with van der Waals surface area (Å²) in [6.45, 7) is 10.9. The largest absolute Gasteiger partial charge is 0.493 e. The molecule has 2 aliphatic heterocycles. The van der Waals surface area contributed by atoms with Gasteiger partial charge < -0.3 is 14.7 Å². The highest BCUT2D eigenvalue weighted by atomic mass is 35.5. The Bertz CT molecular complexity index is 1500. The Morgan fingerprint density at radius 2 is 1.83 bits per heavy atom. The first-order valence-corrected chi connectivity index (χ1v) is 17.0. The Labute approximate surface area is 303 Å². The molecule has 1 saturated heterocycles. The molecule has 11 heteroatoms. The van der Waals surface area contributed by atoms with Crippen LogP contribution in [0.1, 0.15) is 81.5 Å². The van der Waals surface area contributed by atoms with Crippen molar-refractivity contribution in [3.8, 4) is 17.0 Å². The number of aliphatic carboxylic acids is 1. The highest BCUT2D eigenvalue weighted by molar-refractivity contribution is 5.86. The fourth-order valence-corrected chi connectivity index (χ4v) is 8.14. The van der Waals surface area contributed by atoms with E-state index in [1.165, 1.54) is 17.3 Å². The molecule has 3 unspecified atom stereocenters. The van der Waals surface area contributed by atoms with E-state index in [-0.39, 0.29) is 55.0 Å². The van der Waals surface area contributed by atoms with Crippen molar-refractivity contribution >= 4 is 43.2 Å². The van der Waals surface area contributed by atoms with Gasteiger partial charge in [0.05, 0.1) is 12.3 Å². The average Bonchev–Trinajstić information content (AvgIpc) is 3.78. The van der Waals surface area contributed by atoms with Crippen molar-refractivity contribution in [2.45, 2.75) is 89.8 Å². The van der Waals surface area contributed by atoms with E-state index in [1.54, 1.807) is 6.07 Å². The number of benzene rings is 2. The quantitative estimate of drug-likeness (QED) is 0.216. The predicted octanol–water partition coefficient (Wildman–Crippen LogP) is 8.08. The van der Waals surface area contributed by atoms with Crippen LogP contribution in [0, 0.1) is 17.7 Å². The summed E-state index contributed by atoms with van der Waals surface area (Å²) >= 11 is 0. The highest BCUT2D eigenvalue weighted by Crippen LogP contribution is 2.44. The summed E-state index contributed by atoms with van der Waals surface area (Å²) in [7, 11) is 1.98. The molecule has 4 atom stereocenters. The van der Waals surface area contributed by atoms with E-state index in [0.717, 1.165) is 87.5 Å². The van der Waals surface area contributed by atoms with Gasteiger partial charge in [-0.05, 0) is 112 Å². The Hall–Kier alpha value is -2.36. The van der Waals surface area contributed by atoms with Gasteiger partial charge in [-0.1, -0.05) is 38.1 Å². The maximum atomic E-state index is 14.4. The first kappa shape index (κ1) is 40.1. The number of fused-ring (bicyclic) bond motifs is 1. The number of halogens is 4. The molecule has 0 spiro atoms. The lowest BCUT2D eigenvalue weighted by atomic mass is 9.87. The summed E-state index contributed by atoms with van der Waals surface area (Å²) in [5.41, 5.74) is 5.77. The molecule has 2 aromatic carbocycles. The maximum Gasteiger partial charge on any atom is 0.320 e. The number of aromatic nitrogens is 2. The maximum absolute atomic E-state index is 14.4. The van der Waals surface area contributed by atoms with Crippen LogP contribution in [0.3, 0.4) is 0 Å². The van der Waals surface area contributed by atoms with E-state index < -0.39 is 12.0 Å². The molecule has 0 amide bonds. The van der Waals surface area contributed by atoms with E-state index in [0.29, 0.717) is 24.2 Å². The molecule has 1 N–H and O–H groups in total. The zero-order chi connectivity index (χ0) is 31.7. The third kappa shape index (κ3) is 8.86. The van der Waals surface area contributed by atoms with Crippen molar-refractivity contribution < 1.29 is 19.0 Å². The topological polar surface area (TPSA) is 70.8 Å². The Kier molecular flexibility index (Phi) is 14.6. The van der Waals surface area contributed by atoms with Crippen LogP contribution in [-0.2, 0) is 17.8 Å². The molecule has 1 aliphatic carbocycles. The molecule has 3 heterocycles. The zero-order valence-corrected chi connectivity index (χ0v) is 31.0. The number of hydrogen-bond acceptors (Lipinski definition) is 5. The number of carbonyl (C=O) groups is 1. The minimum absolute atomic E-state index is 0. The summed E-state index contributed by atoms with van der Waals surface area (Å²) in [4.78, 5) is 16.9. The van der Waals surface area contributed by atoms with Crippen molar-refractivity contribution in [3.05, 3.63) is 71.2 Å². The van der Waals surface area contributed by atoms with E-state index in [2.05, 4.69) is 65.6 Å². The third-order valence-corrected chi connectivity index (χ3v) is 10.6. The molecular weight excluding hydrogens is 674 g/mol. The van der Waals surface area contributed by atoms with Crippen molar-refractivity contribution in [2.75, 3.05) is 33.3 Å². The fraction of sp³-hybridized carbons (Fsp3) is 0.568. The van der Waals surface area contributed by atoms with Crippen LogP contribution >= 0.6 is 37.2 Å². The van der Waals surface area contributed by atoms with Gasteiger partial charge in [0.2, 0.25) is 0 Å². The fourth-order valence-electron chi connectivity index (χ4n) is 8.14.